The van der Waals surface area contributed by atoms with Crippen molar-refractivity contribution in [3.05, 3.63) is 65.0 Å². The van der Waals surface area contributed by atoms with Crippen molar-refractivity contribution in [3.63, 3.8) is 0 Å². The quantitative estimate of drug-likeness (QED) is 0.440. The molecule has 0 bridgehead atoms. The lowest BCUT2D eigenvalue weighted by atomic mass is 9.57. The highest BCUT2D eigenvalue weighted by molar-refractivity contribution is 6.03. The minimum absolute atomic E-state index is 0.232. The number of pyridine rings is 1. The number of ether oxygens (including phenoxy) is 1. The molecule has 6 rings (SSSR count). The first-order chi connectivity index (χ1) is 19.7. The van der Waals surface area contributed by atoms with Crippen molar-refractivity contribution in [2.45, 2.75) is 70.3 Å². The van der Waals surface area contributed by atoms with Crippen LogP contribution in [-0.2, 0) is 24.4 Å². The second-order valence-electron chi connectivity index (χ2n) is 13.0. The van der Waals surface area contributed by atoms with Gasteiger partial charge in [0.2, 0.25) is 0 Å². The van der Waals surface area contributed by atoms with E-state index in [0.29, 0.717) is 36.2 Å². The van der Waals surface area contributed by atoms with Crippen molar-refractivity contribution in [1.29, 1.82) is 5.26 Å². The summed E-state index contributed by atoms with van der Waals surface area (Å²) in [5, 5.41) is 20.9. The predicted octanol–water partition coefficient (Wildman–Crippen LogP) is 4.97. The van der Waals surface area contributed by atoms with Crippen molar-refractivity contribution < 1.29 is 9.53 Å². The third-order valence-corrected chi connectivity index (χ3v) is 9.10. The summed E-state index contributed by atoms with van der Waals surface area (Å²) in [6, 6.07) is 12.2. The van der Waals surface area contributed by atoms with E-state index in [1.54, 1.807) is 6.33 Å². The van der Waals surface area contributed by atoms with E-state index < -0.39 is 0 Å². The number of nitrogens with zero attached hydrogens (tertiary/aromatic N) is 6. The van der Waals surface area contributed by atoms with E-state index in [1.165, 1.54) is 12.8 Å². The van der Waals surface area contributed by atoms with Gasteiger partial charge >= 0.3 is 0 Å². The number of aromatic nitrogens is 4. The molecule has 41 heavy (non-hydrogen) atoms. The molecule has 3 aliphatic rings. The molecule has 9 heteroatoms. The molecule has 1 saturated carbocycles. The first-order valence-corrected chi connectivity index (χ1v) is 14.7. The van der Waals surface area contributed by atoms with Gasteiger partial charge in [-0.2, -0.15) is 5.26 Å². The Bertz CT molecular complexity index is 1500. The summed E-state index contributed by atoms with van der Waals surface area (Å²) in [7, 11) is 1.95. The van der Waals surface area contributed by atoms with E-state index in [-0.39, 0.29) is 16.7 Å². The molecule has 214 valence electrons. The molecule has 3 aromatic rings. The molecule has 4 heterocycles. The molecule has 0 radical (unpaired) electrons. The van der Waals surface area contributed by atoms with Gasteiger partial charge in [-0.3, -0.25) is 9.69 Å². The lowest BCUT2D eigenvalue weighted by Gasteiger charge is -2.46. The van der Waals surface area contributed by atoms with Crippen LogP contribution < -0.4 is 10.1 Å². The van der Waals surface area contributed by atoms with Crippen LogP contribution in [0.3, 0.4) is 0 Å². The number of amides is 1. The summed E-state index contributed by atoms with van der Waals surface area (Å²) in [6.45, 7) is 9.96. The maximum atomic E-state index is 13.7. The summed E-state index contributed by atoms with van der Waals surface area (Å²) in [5.41, 5.74) is 3.49. The van der Waals surface area contributed by atoms with Gasteiger partial charge in [0, 0.05) is 43.2 Å². The molecule has 2 fully saturated rings. The van der Waals surface area contributed by atoms with Gasteiger partial charge in [0.15, 0.2) is 0 Å². The van der Waals surface area contributed by atoms with Crippen LogP contribution in [-0.4, -0.2) is 50.3 Å². The van der Waals surface area contributed by atoms with Crippen molar-refractivity contribution >= 4 is 11.6 Å². The van der Waals surface area contributed by atoms with Crippen LogP contribution in [0.2, 0.25) is 0 Å². The minimum atomic E-state index is -0.334. The molecule has 2 aromatic heterocycles. The highest BCUT2D eigenvalue weighted by Crippen LogP contribution is 2.53. The highest BCUT2D eigenvalue weighted by atomic mass is 16.5. The smallest absolute Gasteiger partial charge is 0.274 e. The molecule has 9 nitrogen and oxygen atoms in total. The topological polar surface area (TPSA) is 109 Å². The molecule has 0 spiro atoms. The van der Waals surface area contributed by atoms with E-state index in [4.69, 9.17) is 9.72 Å². The first-order valence-electron chi connectivity index (χ1n) is 14.7. The largest absolute Gasteiger partial charge is 0.490 e. The number of piperidine rings is 1. The number of nitriles is 1. The van der Waals surface area contributed by atoms with Gasteiger partial charge in [-0.15, -0.1) is 10.2 Å². The van der Waals surface area contributed by atoms with Crippen molar-refractivity contribution in [3.8, 4) is 11.8 Å². The van der Waals surface area contributed by atoms with E-state index in [0.717, 1.165) is 60.9 Å². The average Bonchev–Trinajstić information content (AvgIpc) is 3.48. The number of likely N-dealkylation sites (tertiary alicyclic amines) is 1. The van der Waals surface area contributed by atoms with E-state index >= 15 is 0 Å². The van der Waals surface area contributed by atoms with Crippen molar-refractivity contribution in [2.75, 3.05) is 25.0 Å². The predicted molar refractivity (Wildman–Crippen MR) is 156 cm³/mol. The SMILES string of the molecule is C[C@H]1CCCN(Cc2cc(C(=O)Nc3cccc([C@]4(c5nncn5C)C[C@@H](CC#N)C4)c3)nc3c2OCC3(C)C)C1. The van der Waals surface area contributed by atoms with Gasteiger partial charge < -0.3 is 14.6 Å². The first kappa shape index (κ1) is 27.4. The number of carbonyl (C=O) groups excluding carboxylic acids is 1. The van der Waals surface area contributed by atoms with Gasteiger partial charge in [0.1, 0.15) is 23.6 Å². The number of nitrogens with one attached hydrogen (secondary N) is 1. The molecule has 0 unspecified atom stereocenters. The Balaban J connectivity index is 1.28. The summed E-state index contributed by atoms with van der Waals surface area (Å²) in [6.07, 6.45) is 6.34. The summed E-state index contributed by atoms with van der Waals surface area (Å²) in [5.74, 6) is 2.48. The molecule has 2 aliphatic heterocycles. The Morgan fingerprint density at radius 3 is 2.83 bits per heavy atom. The maximum Gasteiger partial charge on any atom is 0.274 e. The number of benzene rings is 1. The number of hydrogen-bond acceptors (Lipinski definition) is 7. The lowest BCUT2D eigenvalue weighted by Crippen LogP contribution is -2.44. The van der Waals surface area contributed by atoms with Gasteiger partial charge in [0.25, 0.3) is 5.91 Å². The number of fused-ring (bicyclic) bond motifs is 1. The molecule has 1 N–H and O–H groups in total. The van der Waals surface area contributed by atoms with E-state index in [2.05, 4.69) is 53.3 Å². The zero-order valence-corrected chi connectivity index (χ0v) is 24.5. The number of hydrogen-bond donors (Lipinski definition) is 1. The Morgan fingerprint density at radius 1 is 1.27 bits per heavy atom. The van der Waals surface area contributed by atoms with Gasteiger partial charge in [0.05, 0.1) is 23.8 Å². The number of rotatable bonds is 7. The standard InChI is InChI=1S/C32H39N7O2/c1-21-7-6-12-39(17-21)18-23-13-26(36-28-27(23)41-19-31(28,2)3)29(40)35-25-9-5-8-24(14-25)32(15-22(16-32)10-11-33)30-37-34-20-38(30)4/h5,8-9,13-14,20-22H,6-7,10,12,15-19H2,1-4H3,(H,35,40)/t21-,22-,32+/m0/s1. The third-order valence-electron chi connectivity index (χ3n) is 9.10. The lowest BCUT2D eigenvalue weighted by molar-refractivity contribution is 0.102. The van der Waals surface area contributed by atoms with Crippen LogP contribution in [0.4, 0.5) is 5.69 Å². The molecule has 1 atom stereocenters. The fourth-order valence-corrected chi connectivity index (χ4v) is 6.98. The normalized spacial score (nSPS) is 25.0. The van der Waals surface area contributed by atoms with Crippen molar-refractivity contribution in [2.24, 2.45) is 18.9 Å². The zero-order valence-electron chi connectivity index (χ0n) is 24.5. The van der Waals surface area contributed by atoms with Gasteiger partial charge in [-0.25, -0.2) is 4.98 Å². The van der Waals surface area contributed by atoms with Crippen LogP contribution in [0.5, 0.6) is 5.75 Å². The number of anilines is 1. The maximum absolute atomic E-state index is 13.7. The Morgan fingerprint density at radius 2 is 2.10 bits per heavy atom. The molecular weight excluding hydrogens is 514 g/mol. The summed E-state index contributed by atoms with van der Waals surface area (Å²) >= 11 is 0. The Hall–Kier alpha value is -3.77. The fraction of sp³-hybridized carbons (Fsp3) is 0.531. The monoisotopic (exact) mass is 553 g/mol. The zero-order chi connectivity index (χ0) is 28.8. The fourth-order valence-electron chi connectivity index (χ4n) is 6.98. The number of carbonyl (C=O) groups is 1. The van der Waals surface area contributed by atoms with Crippen LogP contribution >= 0.6 is 0 Å². The molecule has 1 aromatic carbocycles. The summed E-state index contributed by atoms with van der Waals surface area (Å²) < 4.78 is 8.11. The van der Waals surface area contributed by atoms with E-state index in [1.807, 2.05) is 35.9 Å². The molecular formula is C32H39N7O2. The van der Waals surface area contributed by atoms with Crippen LogP contribution in [0.1, 0.15) is 86.0 Å². The van der Waals surface area contributed by atoms with Crippen LogP contribution in [0.25, 0.3) is 0 Å². The molecule has 1 saturated heterocycles. The average molecular weight is 554 g/mol. The second-order valence-corrected chi connectivity index (χ2v) is 13.0. The van der Waals surface area contributed by atoms with E-state index in [9.17, 15) is 10.1 Å². The molecule has 1 aliphatic carbocycles. The number of aryl methyl sites for hydroxylation is 1. The summed E-state index contributed by atoms with van der Waals surface area (Å²) in [4.78, 5) is 21.0. The third kappa shape index (κ3) is 5.10. The van der Waals surface area contributed by atoms with Crippen LogP contribution in [0, 0.1) is 23.2 Å². The van der Waals surface area contributed by atoms with Crippen molar-refractivity contribution in [1.82, 2.24) is 24.6 Å². The Labute approximate surface area is 241 Å². The van der Waals surface area contributed by atoms with Gasteiger partial charge in [-0.05, 0) is 67.8 Å². The van der Waals surface area contributed by atoms with Crippen LogP contribution in [0.15, 0.2) is 36.7 Å². The minimum Gasteiger partial charge on any atom is -0.490 e. The Kier molecular flexibility index (Phi) is 7.06. The molecule has 1 amide bonds. The second kappa shape index (κ2) is 10.6. The van der Waals surface area contributed by atoms with Gasteiger partial charge in [-0.1, -0.05) is 32.9 Å². The highest BCUT2D eigenvalue weighted by Gasteiger charge is 2.49.